The van der Waals surface area contributed by atoms with E-state index in [0.717, 1.165) is 49.6 Å². The lowest BCUT2D eigenvalue weighted by Gasteiger charge is -2.30. The first kappa shape index (κ1) is 13.7. The van der Waals surface area contributed by atoms with Gasteiger partial charge in [0.25, 0.3) is 5.91 Å². The van der Waals surface area contributed by atoms with E-state index in [2.05, 4.69) is 10.2 Å². The van der Waals surface area contributed by atoms with Gasteiger partial charge in [0, 0.05) is 12.6 Å². The van der Waals surface area contributed by atoms with Crippen LogP contribution in [0.1, 0.15) is 47.6 Å². The molecule has 4 heteroatoms. The van der Waals surface area contributed by atoms with Crippen LogP contribution in [-0.2, 0) is 0 Å². The van der Waals surface area contributed by atoms with Crippen molar-refractivity contribution in [3.8, 4) is 0 Å². The smallest absolute Gasteiger partial charge is 0.257 e. The van der Waals surface area contributed by atoms with Crippen LogP contribution in [0, 0.1) is 19.8 Å². The highest BCUT2D eigenvalue weighted by Crippen LogP contribution is 2.31. The molecule has 0 aromatic carbocycles. The molecule has 1 aromatic rings. The third kappa shape index (κ3) is 2.90. The minimum Gasteiger partial charge on any atom is -0.466 e. The molecule has 1 atom stereocenters. The number of piperidine rings is 1. The predicted molar refractivity (Wildman–Crippen MR) is 77.8 cm³/mol. The van der Waals surface area contributed by atoms with E-state index in [1.807, 2.05) is 19.9 Å². The first-order valence-electron chi connectivity index (χ1n) is 7.74. The highest BCUT2D eigenvalue weighted by molar-refractivity contribution is 5.95. The Morgan fingerprint density at radius 1 is 1.40 bits per heavy atom. The minimum absolute atomic E-state index is 0.160. The molecule has 1 N–H and O–H groups in total. The molecule has 1 amide bonds. The van der Waals surface area contributed by atoms with Crippen molar-refractivity contribution in [2.45, 2.75) is 45.6 Å². The van der Waals surface area contributed by atoms with Crippen LogP contribution >= 0.6 is 0 Å². The Morgan fingerprint density at radius 2 is 2.20 bits per heavy atom. The summed E-state index contributed by atoms with van der Waals surface area (Å²) in [5, 5.41) is 3.44. The van der Waals surface area contributed by atoms with Crippen molar-refractivity contribution in [2.24, 2.45) is 5.92 Å². The molecule has 4 nitrogen and oxygen atoms in total. The molecule has 110 valence electrons. The average Bonchev–Trinajstić information content (AvgIpc) is 3.22. The van der Waals surface area contributed by atoms with E-state index in [0.29, 0.717) is 12.0 Å². The Labute approximate surface area is 120 Å². The average molecular weight is 276 g/mol. The zero-order valence-electron chi connectivity index (χ0n) is 12.4. The van der Waals surface area contributed by atoms with Crippen LogP contribution in [0.3, 0.4) is 0 Å². The summed E-state index contributed by atoms with van der Waals surface area (Å²) in [5.41, 5.74) is 0.748. The number of carbonyl (C=O) groups is 1. The van der Waals surface area contributed by atoms with Gasteiger partial charge in [-0.25, -0.2) is 0 Å². The van der Waals surface area contributed by atoms with Crippen LogP contribution in [0.5, 0.6) is 0 Å². The molecule has 0 bridgehead atoms. The molecule has 1 saturated heterocycles. The Balaban J connectivity index is 1.72. The lowest BCUT2D eigenvalue weighted by Crippen LogP contribution is -2.42. The van der Waals surface area contributed by atoms with Crippen molar-refractivity contribution < 1.29 is 9.21 Å². The van der Waals surface area contributed by atoms with Gasteiger partial charge in [0.1, 0.15) is 11.5 Å². The van der Waals surface area contributed by atoms with E-state index in [9.17, 15) is 4.79 Å². The Hall–Kier alpha value is -1.29. The summed E-state index contributed by atoms with van der Waals surface area (Å²) in [5.74, 6) is 2.33. The summed E-state index contributed by atoms with van der Waals surface area (Å²) < 4.78 is 5.52. The normalized spacial score (nSPS) is 22.8. The molecular formula is C16H24N2O2. The topological polar surface area (TPSA) is 45.5 Å². The largest absolute Gasteiger partial charge is 0.466 e. The van der Waals surface area contributed by atoms with E-state index in [-0.39, 0.29) is 5.91 Å². The fraction of sp³-hybridized carbons (Fsp3) is 0.688. The first-order valence-corrected chi connectivity index (χ1v) is 7.74. The predicted octanol–water partition coefficient (Wildman–Crippen LogP) is 2.50. The number of hydrogen-bond donors (Lipinski definition) is 1. The van der Waals surface area contributed by atoms with E-state index < -0.39 is 0 Å². The van der Waals surface area contributed by atoms with Crippen LogP contribution < -0.4 is 5.32 Å². The number of hydrogen-bond acceptors (Lipinski definition) is 3. The summed E-state index contributed by atoms with van der Waals surface area (Å²) in [6, 6.07) is 2.34. The van der Waals surface area contributed by atoms with Gasteiger partial charge >= 0.3 is 0 Å². The Kier molecular flexibility index (Phi) is 3.83. The quantitative estimate of drug-likeness (QED) is 0.919. The highest BCUT2D eigenvalue weighted by atomic mass is 16.3. The second-order valence-electron chi connectivity index (χ2n) is 6.23. The van der Waals surface area contributed by atoms with Gasteiger partial charge in [0.15, 0.2) is 0 Å². The molecule has 2 fully saturated rings. The molecule has 1 aliphatic heterocycles. The van der Waals surface area contributed by atoms with Crippen molar-refractivity contribution in [1.82, 2.24) is 10.2 Å². The fourth-order valence-electron chi connectivity index (χ4n) is 3.14. The molecular weight excluding hydrogens is 252 g/mol. The van der Waals surface area contributed by atoms with Gasteiger partial charge in [-0.3, -0.25) is 4.79 Å². The standard InChI is InChI=1S/C16H24N2O2/c1-11-8-15(12(2)20-11)16(19)18(14-5-6-14)10-13-4-3-7-17-9-13/h8,13-14,17H,3-7,9-10H2,1-2H3. The molecule has 0 spiro atoms. The number of rotatable bonds is 4. The zero-order valence-corrected chi connectivity index (χ0v) is 12.4. The second-order valence-corrected chi connectivity index (χ2v) is 6.23. The van der Waals surface area contributed by atoms with Crippen molar-refractivity contribution >= 4 is 5.91 Å². The number of furan rings is 1. The zero-order chi connectivity index (χ0) is 14.1. The van der Waals surface area contributed by atoms with Crippen molar-refractivity contribution in [3.63, 3.8) is 0 Å². The lowest BCUT2D eigenvalue weighted by molar-refractivity contribution is 0.0702. The van der Waals surface area contributed by atoms with Gasteiger partial charge in [-0.2, -0.15) is 0 Å². The number of aryl methyl sites for hydroxylation is 2. The van der Waals surface area contributed by atoms with Gasteiger partial charge < -0.3 is 14.6 Å². The molecule has 2 heterocycles. The van der Waals surface area contributed by atoms with Gasteiger partial charge in [0.05, 0.1) is 5.56 Å². The molecule has 0 radical (unpaired) electrons. The molecule has 3 rings (SSSR count). The van der Waals surface area contributed by atoms with Crippen LogP contribution in [0.15, 0.2) is 10.5 Å². The van der Waals surface area contributed by atoms with Crippen molar-refractivity contribution in [1.29, 1.82) is 0 Å². The minimum atomic E-state index is 0.160. The lowest BCUT2D eigenvalue weighted by atomic mass is 9.98. The summed E-state index contributed by atoms with van der Waals surface area (Å²) >= 11 is 0. The highest BCUT2D eigenvalue weighted by Gasteiger charge is 2.35. The molecule has 1 aliphatic carbocycles. The molecule has 20 heavy (non-hydrogen) atoms. The van der Waals surface area contributed by atoms with E-state index in [1.165, 1.54) is 12.8 Å². The summed E-state index contributed by atoms with van der Waals surface area (Å²) in [6.45, 7) is 6.83. The number of carbonyl (C=O) groups excluding carboxylic acids is 1. The van der Waals surface area contributed by atoms with Gasteiger partial charge in [-0.15, -0.1) is 0 Å². The summed E-state index contributed by atoms with van der Waals surface area (Å²) in [6.07, 6.45) is 4.76. The van der Waals surface area contributed by atoms with Crippen molar-refractivity contribution in [2.75, 3.05) is 19.6 Å². The third-order valence-corrected chi connectivity index (χ3v) is 4.37. The van der Waals surface area contributed by atoms with Crippen LogP contribution in [-0.4, -0.2) is 36.5 Å². The number of nitrogens with zero attached hydrogens (tertiary/aromatic N) is 1. The maximum absolute atomic E-state index is 12.8. The molecule has 2 aliphatic rings. The second kappa shape index (κ2) is 5.60. The molecule has 1 saturated carbocycles. The summed E-state index contributed by atoms with van der Waals surface area (Å²) in [4.78, 5) is 14.9. The Morgan fingerprint density at radius 3 is 2.75 bits per heavy atom. The Bertz CT molecular complexity index is 485. The fourth-order valence-corrected chi connectivity index (χ4v) is 3.14. The summed E-state index contributed by atoms with van der Waals surface area (Å²) in [7, 11) is 0. The van der Waals surface area contributed by atoms with Crippen LogP contribution in [0.25, 0.3) is 0 Å². The third-order valence-electron chi connectivity index (χ3n) is 4.37. The maximum Gasteiger partial charge on any atom is 0.257 e. The number of amides is 1. The molecule has 1 unspecified atom stereocenters. The molecule has 1 aromatic heterocycles. The van der Waals surface area contributed by atoms with E-state index in [1.54, 1.807) is 0 Å². The van der Waals surface area contributed by atoms with Gasteiger partial charge in [0.2, 0.25) is 0 Å². The van der Waals surface area contributed by atoms with E-state index in [4.69, 9.17) is 4.42 Å². The maximum atomic E-state index is 12.8. The van der Waals surface area contributed by atoms with Crippen LogP contribution in [0.4, 0.5) is 0 Å². The SMILES string of the molecule is Cc1cc(C(=O)N(CC2CCCNC2)C2CC2)c(C)o1. The first-order chi connectivity index (χ1) is 9.65. The van der Waals surface area contributed by atoms with Gasteiger partial charge in [-0.05, 0) is 64.6 Å². The number of nitrogens with one attached hydrogen (secondary N) is 1. The van der Waals surface area contributed by atoms with Gasteiger partial charge in [-0.1, -0.05) is 0 Å². The monoisotopic (exact) mass is 276 g/mol. The van der Waals surface area contributed by atoms with Crippen LogP contribution in [0.2, 0.25) is 0 Å². The van der Waals surface area contributed by atoms with Crippen molar-refractivity contribution in [3.05, 3.63) is 23.2 Å². The van der Waals surface area contributed by atoms with E-state index >= 15 is 0 Å².